The standard InChI is InChI=1S/C52H89O11P/c1-4-7-10-13-16-19-22-23-24-25-28-31-34-37-40-43-52(56)63-49(45-59-50(54)41-38-35-32-29-26-20-17-14-11-8-5-2)47-61-64(57,58)60-46-48(44-53)62-51(55)42-39-36-33-30-27-21-18-15-12-9-6-3/h7,10,14-19,23-24,28,31,48-49,53H,4-6,8-9,11-13,20-22,25-27,29-30,32-47H2,1-3H3,(H,57,58)/b10-7-,17-14-,18-15-,19-16-,24-23-,31-28-. The van der Waals surface area contributed by atoms with Crippen LogP contribution in [0.15, 0.2) is 72.9 Å². The summed E-state index contributed by atoms with van der Waals surface area (Å²) in [7, 11) is -4.75. The van der Waals surface area contributed by atoms with E-state index in [0.29, 0.717) is 19.3 Å². The molecule has 0 saturated heterocycles. The summed E-state index contributed by atoms with van der Waals surface area (Å²) in [5.74, 6) is -1.54. The minimum Gasteiger partial charge on any atom is -0.462 e. The Hall–Kier alpha value is -3.08. The first-order valence-electron chi connectivity index (χ1n) is 24.8. The number of ether oxygens (including phenoxy) is 3. The second kappa shape index (κ2) is 46.4. The Balaban J connectivity index is 4.84. The SMILES string of the molecule is CC/C=C\C/C=C\C/C=C\C/C=C\CCCCC(=O)OC(COC(=O)CCCCCCC/C=C\CCCC)COP(=O)(O)OCC(CO)OC(=O)CCCCCCC/C=C\CCCC. The molecule has 0 radical (unpaired) electrons. The Morgan fingerprint density at radius 3 is 1.30 bits per heavy atom. The third-order valence-corrected chi connectivity index (χ3v) is 11.0. The number of unbranched alkanes of at least 4 members (excludes halogenated alkanes) is 16. The molecule has 0 bridgehead atoms. The number of phosphoric acid groups is 1. The summed E-state index contributed by atoms with van der Waals surface area (Å²) in [4.78, 5) is 48.1. The van der Waals surface area contributed by atoms with Crippen molar-refractivity contribution >= 4 is 25.7 Å². The van der Waals surface area contributed by atoms with E-state index in [9.17, 15) is 28.9 Å². The second-order valence-electron chi connectivity index (χ2n) is 16.2. The lowest BCUT2D eigenvalue weighted by atomic mass is 10.1. The van der Waals surface area contributed by atoms with Gasteiger partial charge in [0.1, 0.15) is 12.7 Å². The molecule has 0 amide bonds. The molecule has 0 aromatic heterocycles. The molecule has 11 nitrogen and oxygen atoms in total. The van der Waals surface area contributed by atoms with Crippen LogP contribution in [0.1, 0.15) is 201 Å². The van der Waals surface area contributed by atoms with Crippen LogP contribution in [-0.4, -0.2) is 66.5 Å². The van der Waals surface area contributed by atoms with Crippen LogP contribution in [0.2, 0.25) is 0 Å². The Kier molecular flexibility index (Phi) is 44.2. The molecule has 0 fully saturated rings. The van der Waals surface area contributed by atoms with Crippen molar-refractivity contribution in [1.29, 1.82) is 0 Å². The van der Waals surface area contributed by atoms with E-state index in [0.717, 1.165) is 116 Å². The minimum absolute atomic E-state index is 0.111. The lowest BCUT2D eigenvalue weighted by Crippen LogP contribution is -2.30. The molecule has 0 spiro atoms. The van der Waals surface area contributed by atoms with Crippen LogP contribution in [-0.2, 0) is 42.2 Å². The highest BCUT2D eigenvalue weighted by atomic mass is 31.2. The first kappa shape index (κ1) is 60.9. The van der Waals surface area contributed by atoms with E-state index in [2.05, 4.69) is 93.7 Å². The van der Waals surface area contributed by atoms with Gasteiger partial charge in [-0.05, 0) is 96.3 Å². The molecule has 0 aliphatic carbocycles. The van der Waals surface area contributed by atoms with Gasteiger partial charge >= 0.3 is 25.7 Å². The van der Waals surface area contributed by atoms with Gasteiger partial charge in [-0.2, -0.15) is 0 Å². The van der Waals surface area contributed by atoms with Crippen LogP contribution in [0, 0.1) is 0 Å². The average Bonchev–Trinajstić information content (AvgIpc) is 3.28. The number of hydrogen-bond acceptors (Lipinski definition) is 10. The molecule has 0 aromatic carbocycles. The molecule has 2 N–H and O–H groups in total. The Morgan fingerprint density at radius 1 is 0.453 bits per heavy atom. The van der Waals surface area contributed by atoms with Crippen molar-refractivity contribution in [2.45, 2.75) is 213 Å². The molecular formula is C52H89O11P. The average molecular weight is 921 g/mol. The summed E-state index contributed by atoms with van der Waals surface area (Å²) >= 11 is 0. The van der Waals surface area contributed by atoms with Crippen LogP contribution in [0.5, 0.6) is 0 Å². The number of esters is 3. The normalized spacial score (nSPS) is 14.1. The number of phosphoric ester groups is 1. The van der Waals surface area contributed by atoms with Gasteiger partial charge in [0.2, 0.25) is 0 Å². The number of aliphatic hydroxyl groups excluding tert-OH is 1. The van der Waals surface area contributed by atoms with E-state index < -0.39 is 57.8 Å². The molecule has 3 unspecified atom stereocenters. The van der Waals surface area contributed by atoms with Crippen molar-refractivity contribution in [3.63, 3.8) is 0 Å². The topological polar surface area (TPSA) is 155 Å². The number of carbonyl (C=O) groups excluding carboxylic acids is 3. The van der Waals surface area contributed by atoms with E-state index >= 15 is 0 Å². The molecule has 12 heteroatoms. The molecule has 0 saturated carbocycles. The largest absolute Gasteiger partial charge is 0.472 e. The molecule has 3 atom stereocenters. The summed E-state index contributed by atoms with van der Waals surface area (Å²) in [6.07, 6.45) is 48.8. The van der Waals surface area contributed by atoms with Crippen molar-refractivity contribution < 1.29 is 52.2 Å². The predicted octanol–water partition coefficient (Wildman–Crippen LogP) is 13.8. The Bertz CT molecular complexity index is 1350. The molecule has 0 rings (SSSR count). The highest BCUT2D eigenvalue weighted by Gasteiger charge is 2.28. The third-order valence-electron chi connectivity index (χ3n) is 10.1. The first-order valence-corrected chi connectivity index (χ1v) is 26.3. The molecule has 0 heterocycles. The summed E-state index contributed by atoms with van der Waals surface area (Å²) in [5, 5.41) is 9.74. The molecule has 0 aliphatic heterocycles. The number of rotatable bonds is 45. The molecule has 64 heavy (non-hydrogen) atoms. The molecule has 368 valence electrons. The van der Waals surface area contributed by atoms with Crippen molar-refractivity contribution in [3.8, 4) is 0 Å². The van der Waals surface area contributed by atoms with Crippen molar-refractivity contribution in [2.75, 3.05) is 26.4 Å². The minimum atomic E-state index is -4.75. The van der Waals surface area contributed by atoms with Crippen molar-refractivity contribution in [3.05, 3.63) is 72.9 Å². The van der Waals surface area contributed by atoms with Crippen molar-refractivity contribution in [2.24, 2.45) is 0 Å². The second-order valence-corrected chi connectivity index (χ2v) is 17.7. The van der Waals surface area contributed by atoms with E-state index in [4.69, 9.17) is 23.3 Å². The van der Waals surface area contributed by atoms with E-state index in [1.807, 2.05) is 0 Å². The van der Waals surface area contributed by atoms with Gasteiger partial charge in [0.25, 0.3) is 0 Å². The van der Waals surface area contributed by atoms with Crippen LogP contribution in [0.4, 0.5) is 0 Å². The van der Waals surface area contributed by atoms with E-state index in [1.54, 1.807) is 0 Å². The number of aliphatic hydroxyl groups is 1. The zero-order chi connectivity index (χ0) is 47.0. The summed E-state index contributed by atoms with van der Waals surface area (Å²) in [5.41, 5.74) is 0. The quantitative estimate of drug-likeness (QED) is 0.0197. The maximum atomic E-state index is 12.8. The zero-order valence-corrected chi connectivity index (χ0v) is 41.1. The number of carbonyl (C=O) groups is 3. The lowest BCUT2D eigenvalue weighted by Gasteiger charge is -2.21. The van der Waals surface area contributed by atoms with Crippen LogP contribution < -0.4 is 0 Å². The van der Waals surface area contributed by atoms with Gasteiger partial charge in [-0.3, -0.25) is 23.4 Å². The highest BCUT2D eigenvalue weighted by molar-refractivity contribution is 7.47. The maximum Gasteiger partial charge on any atom is 0.472 e. The van der Waals surface area contributed by atoms with E-state index in [-0.39, 0.29) is 25.9 Å². The van der Waals surface area contributed by atoms with E-state index in [1.165, 1.54) is 25.7 Å². The predicted molar refractivity (Wildman–Crippen MR) is 261 cm³/mol. The summed E-state index contributed by atoms with van der Waals surface area (Å²) in [6.45, 7) is 4.35. The fraction of sp³-hybridized carbons (Fsp3) is 0.712. The monoisotopic (exact) mass is 921 g/mol. The van der Waals surface area contributed by atoms with Crippen LogP contribution in [0.25, 0.3) is 0 Å². The lowest BCUT2D eigenvalue weighted by molar-refractivity contribution is -0.161. The summed E-state index contributed by atoms with van der Waals surface area (Å²) in [6, 6.07) is 0. The van der Waals surface area contributed by atoms with Crippen molar-refractivity contribution in [1.82, 2.24) is 0 Å². The molecular weight excluding hydrogens is 832 g/mol. The first-order chi connectivity index (χ1) is 31.2. The molecule has 0 aromatic rings. The number of allylic oxidation sites excluding steroid dienone is 12. The number of hydrogen-bond donors (Lipinski definition) is 2. The van der Waals surface area contributed by atoms with Gasteiger partial charge in [0.15, 0.2) is 6.10 Å². The zero-order valence-electron chi connectivity index (χ0n) is 40.2. The van der Waals surface area contributed by atoms with Gasteiger partial charge in [0.05, 0.1) is 19.8 Å². The van der Waals surface area contributed by atoms with Crippen LogP contribution in [0.3, 0.4) is 0 Å². The third kappa shape index (κ3) is 44.1. The van der Waals surface area contributed by atoms with Gasteiger partial charge < -0.3 is 24.2 Å². The Morgan fingerprint density at radius 2 is 0.812 bits per heavy atom. The van der Waals surface area contributed by atoms with Crippen LogP contribution >= 0.6 is 7.82 Å². The molecule has 0 aliphatic rings. The summed E-state index contributed by atoms with van der Waals surface area (Å²) < 4.78 is 39.2. The van der Waals surface area contributed by atoms with Gasteiger partial charge in [-0.25, -0.2) is 4.57 Å². The Labute approximate surface area is 388 Å². The van der Waals surface area contributed by atoms with Gasteiger partial charge in [0, 0.05) is 19.3 Å². The highest BCUT2D eigenvalue weighted by Crippen LogP contribution is 2.43. The fourth-order valence-corrected chi connectivity index (χ4v) is 7.03. The smallest absolute Gasteiger partial charge is 0.462 e. The van der Waals surface area contributed by atoms with Gasteiger partial charge in [-0.1, -0.05) is 158 Å². The fourth-order valence-electron chi connectivity index (χ4n) is 6.25. The maximum absolute atomic E-state index is 12.8. The van der Waals surface area contributed by atoms with Gasteiger partial charge in [-0.15, -0.1) is 0 Å².